The average molecular weight is 212 g/mol. The van der Waals surface area contributed by atoms with Crippen LogP contribution in [0.15, 0.2) is 18.2 Å². The highest BCUT2D eigenvalue weighted by Crippen LogP contribution is 2.26. The van der Waals surface area contributed by atoms with Gasteiger partial charge in [0.05, 0.1) is 0 Å². The van der Waals surface area contributed by atoms with E-state index in [9.17, 15) is 4.79 Å². The minimum Gasteiger partial charge on any atom is -0.326 e. The van der Waals surface area contributed by atoms with E-state index >= 15 is 0 Å². The van der Waals surface area contributed by atoms with Crippen LogP contribution in [-0.2, 0) is 4.79 Å². The van der Waals surface area contributed by atoms with Crippen molar-refractivity contribution < 1.29 is 4.79 Å². The average Bonchev–Trinajstić information content (AvgIpc) is 2.01. The largest absolute Gasteiger partial charge is 0.326 e. The minimum atomic E-state index is -0.0848. The highest BCUT2D eigenvalue weighted by atomic mass is 35.5. The molecule has 0 saturated heterocycles. The Morgan fingerprint density at radius 1 is 1.43 bits per heavy atom. The lowest BCUT2D eigenvalue weighted by Crippen LogP contribution is -2.05. The Labute approximate surface area is 89.3 Å². The van der Waals surface area contributed by atoms with Crippen molar-refractivity contribution in [2.75, 3.05) is 5.32 Å². The summed E-state index contributed by atoms with van der Waals surface area (Å²) in [6.07, 6.45) is 0. The van der Waals surface area contributed by atoms with Crippen LogP contribution < -0.4 is 5.32 Å². The van der Waals surface area contributed by atoms with Crippen LogP contribution in [0.25, 0.3) is 0 Å². The molecule has 1 aromatic carbocycles. The first-order valence-electron chi connectivity index (χ1n) is 4.57. The molecule has 1 rings (SSSR count). The molecule has 2 nitrogen and oxygen atoms in total. The smallest absolute Gasteiger partial charge is 0.221 e. The summed E-state index contributed by atoms with van der Waals surface area (Å²) in [7, 11) is 0. The van der Waals surface area contributed by atoms with Gasteiger partial charge < -0.3 is 5.32 Å². The van der Waals surface area contributed by atoms with Gasteiger partial charge in [0, 0.05) is 17.6 Å². The Balaban J connectivity index is 2.94. The van der Waals surface area contributed by atoms with Crippen LogP contribution in [0.4, 0.5) is 5.69 Å². The highest BCUT2D eigenvalue weighted by molar-refractivity contribution is 6.31. The summed E-state index contributed by atoms with van der Waals surface area (Å²) >= 11 is 6.06. The second kappa shape index (κ2) is 4.47. The zero-order valence-electron chi connectivity index (χ0n) is 8.60. The van der Waals surface area contributed by atoms with Crippen LogP contribution in [0.2, 0.25) is 5.02 Å². The minimum absolute atomic E-state index is 0.0848. The molecule has 14 heavy (non-hydrogen) atoms. The number of anilines is 1. The third kappa shape index (κ3) is 2.74. The quantitative estimate of drug-likeness (QED) is 0.798. The number of carbonyl (C=O) groups excluding carboxylic acids is 1. The van der Waals surface area contributed by atoms with E-state index in [-0.39, 0.29) is 5.91 Å². The van der Waals surface area contributed by atoms with E-state index in [1.165, 1.54) is 6.92 Å². The van der Waals surface area contributed by atoms with E-state index in [0.29, 0.717) is 10.9 Å². The SMILES string of the molecule is CC(=O)Nc1ccc(C(C)C)c(Cl)c1. The third-order valence-electron chi connectivity index (χ3n) is 1.94. The number of nitrogens with one attached hydrogen (secondary N) is 1. The normalized spacial score (nSPS) is 10.4. The summed E-state index contributed by atoms with van der Waals surface area (Å²) in [6.45, 7) is 5.64. The van der Waals surface area contributed by atoms with Crippen LogP contribution >= 0.6 is 11.6 Å². The van der Waals surface area contributed by atoms with Crippen LogP contribution in [-0.4, -0.2) is 5.91 Å². The van der Waals surface area contributed by atoms with Gasteiger partial charge >= 0.3 is 0 Å². The molecule has 0 bridgehead atoms. The Kier molecular flexibility index (Phi) is 3.53. The molecule has 0 radical (unpaired) electrons. The number of benzene rings is 1. The maximum Gasteiger partial charge on any atom is 0.221 e. The van der Waals surface area contributed by atoms with Crippen molar-refractivity contribution in [2.45, 2.75) is 26.7 Å². The summed E-state index contributed by atoms with van der Waals surface area (Å²) < 4.78 is 0. The van der Waals surface area contributed by atoms with Crippen molar-refractivity contribution >= 4 is 23.2 Å². The van der Waals surface area contributed by atoms with E-state index < -0.39 is 0 Å². The molecular weight excluding hydrogens is 198 g/mol. The van der Waals surface area contributed by atoms with Gasteiger partial charge in [-0.2, -0.15) is 0 Å². The molecule has 76 valence electrons. The third-order valence-corrected chi connectivity index (χ3v) is 2.27. The zero-order valence-corrected chi connectivity index (χ0v) is 9.35. The zero-order chi connectivity index (χ0) is 10.7. The van der Waals surface area contributed by atoms with Gasteiger partial charge in [-0.15, -0.1) is 0 Å². The number of rotatable bonds is 2. The summed E-state index contributed by atoms with van der Waals surface area (Å²) in [6, 6.07) is 5.58. The Morgan fingerprint density at radius 2 is 2.07 bits per heavy atom. The Hall–Kier alpha value is -1.02. The van der Waals surface area contributed by atoms with E-state index in [1.807, 2.05) is 12.1 Å². The first-order valence-corrected chi connectivity index (χ1v) is 4.95. The van der Waals surface area contributed by atoms with Gasteiger partial charge in [-0.3, -0.25) is 4.79 Å². The first-order chi connectivity index (χ1) is 6.50. The maximum absolute atomic E-state index is 10.8. The number of hydrogen-bond acceptors (Lipinski definition) is 1. The summed E-state index contributed by atoms with van der Waals surface area (Å²) in [5, 5.41) is 3.39. The summed E-state index contributed by atoms with van der Waals surface area (Å²) in [4.78, 5) is 10.8. The molecule has 0 heterocycles. The molecule has 0 fully saturated rings. The molecule has 0 aliphatic carbocycles. The number of carbonyl (C=O) groups is 1. The molecule has 1 amide bonds. The predicted octanol–water partition coefficient (Wildman–Crippen LogP) is 3.42. The van der Waals surface area contributed by atoms with E-state index in [2.05, 4.69) is 19.2 Å². The maximum atomic E-state index is 10.8. The number of hydrogen-bond donors (Lipinski definition) is 1. The molecule has 0 aliphatic rings. The predicted molar refractivity (Wildman–Crippen MR) is 59.8 cm³/mol. The van der Waals surface area contributed by atoms with E-state index in [0.717, 1.165) is 11.3 Å². The van der Waals surface area contributed by atoms with Crippen molar-refractivity contribution in [3.63, 3.8) is 0 Å². The topological polar surface area (TPSA) is 29.1 Å². The molecule has 0 atom stereocenters. The van der Waals surface area contributed by atoms with Gasteiger partial charge in [0.25, 0.3) is 0 Å². The van der Waals surface area contributed by atoms with Crippen molar-refractivity contribution in [1.29, 1.82) is 0 Å². The van der Waals surface area contributed by atoms with E-state index in [4.69, 9.17) is 11.6 Å². The lowest BCUT2D eigenvalue weighted by atomic mass is 10.0. The molecule has 0 saturated carbocycles. The van der Waals surface area contributed by atoms with Gasteiger partial charge in [0.15, 0.2) is 0 Å². The van der Waals surface area contributed by atoms with Crippen LogP contribution in [0.3, 0.4) is 0 Å². The summed E-state index contributed by atoms with van der Waals surface area (Å²) in [5.74, 6) is 0.312. The van der Waals surface area contributed by atoms with Crippen molar-refractivity contribution in [2.24, 2.45) is 0 Å². The standard InChI is InChI=1S/C11H14ClNO/c1-7(2)10-5-4-9(6-11(10)12)13-8(3)14/h4-7H,1-3H3,(H,13,14). The molecule has 3 heteroatoms. The van der Waals surface area contributed by atoms with Gasteiger partial charge in [-0.25, -0.2) is 0 Å². The molecular formula is C11H14ClNO. The van der Waals surface area contributed by atoms with E-state index in [1.54, 1.807) is 6.07 Å². The summed E-state index contributed by atoms with van der Waals surface area (Å²) in [5.41, 5.74) is 1.84. The second-order valence-electron chi connectivity index (χ2n) is 3.57. The van der Waals surface area contributed by atoms with Crippen LogP contribution in [0.1, 0.15) is 32.3 Å². The van der Waals surface area contributed by atoms with Gasteiger partial charge in [0.1, 0.15) is 0 Å². The number of amides is 1. The lowest BCUT2D eigenvalue weighted by molar-refractivity contribution is -0.114. The second-order valence-corrected chi connectivity index (χ2v) is 3.98. The molecule has 0 aliphatic heterocycles. The van der Waals surface area contributed by atoms with Crippen molar-refractivity contribution in [3.05, 3.63) is 28.8 Å². The Morgan fingerprint density at radius 3 is 2.50 bits per heavy atom. The monoisotopic (exact) mass is 211 g/mol. The van der Waals surface area contributed by atoms with Gasteiger partial charge in [-0.05, 0) is 23.6 Å². The van der Waals surface area contributed by atoms with Crippen molar-refractivity contribution in [1.82, 2.24) is 0 Å². The van der Waals surface area contributed by atoms with Crippen LogP contribution in [0, 0.1) is 0 Å². The molecule has 0 unspecified atom stereocenters. The fourth-order valence-electron chi connectivity index (χ4n) is 1.28. The fraction of sp³-hybridized carbons (Fsp3) is 0.364. The van der Waals surface area contributed by atoms with Gasteiger partial charge in [-0.1, -0.05) is 31.5 Å². The van der Waals surface area contributed by atoms with Crippen LogP contribution in [0.5, 0.6) is 0 Å². The van der Waals surface area contributed by atoms with Crippen molar-refractivity contribution in [3.8, 4) is 0 Å². The fourth-order valence-corrected chi connectivity index (χ4v) is 1.68. The Bertz CT molecular complexity index is 347. The molecule has 1 N–H and O–H groups in total. The highest BCUT2D eigenvalue weighted by Gasteiger charge is 2.05. The molecule has 0 aromatic heterocycles. The van der Waals surface area contributed by atoms with Gasteiger partial charge in [0.2, 0.25) is 5.91 Å². The first kappa shape index (κ1) is 11.1. The molecule has 0 spiro atoms. The lowest BCUT2D eigenvalue weighted by Gasteiger charge is -2.09. The number of halogens is 1. The molecule has 1 aromatic rings.